The molecule has 3 rings (SSSR count). The van der Waals surface area contributed by atoms with Gasteiger partial charge in [0.2, 0.25) is 5.91 Å². The highest BCUT2D eigenvalue weighted by molar-refractivity contribution is 8.26. The molecule has 0 spiro atoms. The summed E-state index contributed by atoms with van der Waals surface area (Å²) in [6.07, 6.45) is -1.08. The number of anilines is 1. The summed E-state index contributed by atoms with van der Waals surface area (Å²) in [6.45, 7) is 1.42. The summed E-state index contributed by atoms with van der Waals surface area (Å²) in [7, 11) is 0. The second-order valence-electron chi connectivity index (χ2n) is 6.81. The SMILES string of the molecule is CC(/C=C1\SC(=S)N(CC(=O)Nc2ccc(Cl)c(C(F)(F)F)c2)C1=O)=C\c1ccccc1. The number of hydrogen-bond acceptors (Lipinski definition) is 4. The molecule has 1 aliphatic rings. The number of carbonyl (C=O) groups is 2. The van der Waals surface area contributed by atoms with Crippen molar-refractivity contribution in [2.75, 3.05) is 11.9 Å². The van der Waals surface area contributed by atoms with Crippen LogP contribution in [0.5, 0.6) is 0 Å². The van der Waals surface area contributed by atoms with Crippen LogP contribution in [0.3, 0.4) is 0 Å². The van der Waals surface area contributed by atoms with Crippen LogP contribution in [0, 0.1) is 0 Å². The summed E-state index contributed by atoms with van der Waals surface area (Å²) < 4.78 is 39.2. The number of allylic oxidation sites excluding steroid dienone is 2. The number of nitrogens with one attached hydrogen (secondary N) is 1. The zero-order chi connectivity index (χ0) is 23.5. The van der Waals surface area contributed by atoms with Gasteiger partial charge in [0.1, 0.15) is 10.9 Å². The lowest BCUT2D eigenvalue weighted by Crippen LogP contribution is -2.36. The van der Waals surface area contributed by atoms with Crippen LogP contribution < -0.4 is 5.32 Å². The normalized spacial score (nSPS) is 16.1. The summed E-state index contributed by atoms with van der Waals surface area (Å²) in [6, 6.07) is 12.6. The van der Waals surface area contributed by atoms with Gasteiger partial charge in [-0.1, -0.05) is 72.0 Å². The molecule has 166 valence electrons. The Kier molecular flexibility index (Phi) is 7.43. The summed E-state index contributed by atoms with van der Waals surface area (Å²) in [5.41, 5.74) is 0.639. The van der Waals surface area contributed by atoms with Crippen LogP contribution in [-0.4, -0.2) is 27.6 Å². The van der Waals surface area contributed by atoms with Crippen LogP contribution >= 0.6 is 35.6 Å². The monoisotopic (exact) mass is 496 g/mol. The number of carbonyl (C=O) groups excluding carboxylic acids is 2. The molecule has 2 aromatic carbocycles. The molecule has 2 amide bonds. The molecule has 1 aliphatic heterocycles. The van der Waals surface area contributed by atoms with Crippen molar-refractivity contribution in [1.82, 2.24) is 4.90 Å². The van der Waals surface area contributed by atoms with E-state index in [2.05, 4.69) is 5.32 Å². The first kappa shape index (κ1) is 24.0. The summed E-state index contributed by atoms with van der Waals surface area (Å²) in [5, 5.41) is 1.87. The minimum absolute atomic E-state index is 0.0886. The van der Waals surface area contributed by atoms with Crippen LogP contribution in [-0.2, 0) is 15.8 Å². The molecule has 0 aliphatic carbocycles. The fourth-order valence-electron chi connectivity index (χ4n) is 2.86. The van der Waals surface area contributed by atoms with E-state index in [4.69, 9.17) is 23.8 Å². The second-order valence-corrected chi connectivity index (χ2v) is 8.89. The van der Waals surface area contributed by atoms with Crippen molar-refractivity contribution < 1.29 is 22.8 Å². The van der Waals surface area contributed by atoms with E-state index >= 15 is 0 Å². The number of thioether (sulfide) groups is 1. The van der Waals surface area contributed by atoms with Crippen LogP contribution in [0.15, 0.2) is 65.1 Å². The van der Waals surface area contributed by atoms with E-state index in [1.165, 1.54) is 6.07 Å². The van der Waals surface area contributed by atoms with Crippen molar-refractivity contribution in [2.45, 2.75) is 13.1 Å². The quantitative estimate of drug-likeness (QED) is 0.399. The maximum absolute atomic E-state index is 13.0. The predicted molar refractivity (Wildman–Crippen MR) is 125 cm³/mol. The van der Waals surface area contributed by atoms with Gasteiger partial charge in [0.05, 0.1) is 15.5 Å². The van der Waals surface area contributed by atoms with E-state index in [1.807, 2.05) is 43.3 Å². The van der Waals surface area contributed by atoms with Crippen molar-refractivity contribution in [3.8, 4) is 0 Å². The number of thiocarbonyl (C=S) groups is 1. The van der Waals surface area contributed by atoms with Gasteiger partial charge in [0.25, 0.3) is 5.91 Å². The Balaban J connectivity index is 1.69. The Morgan fingerprint density at radius 2 is 1.91 bits per heavy atom. The van der Waals surface area contributed by atoms with Crippen LogP contribution in [0.4, 0.5) is 18.9 Å². The lowest BCUT2D eigenvalue weighted by Gasteiger charge is -2.15. The lowest BCUT2D eigenvalue weighted by molar-refractivity contribution is -0.137. The topological polar surface area (TPSA) is 49.4 Å². The first-order chi connectivity index (χ1) is 15.0. The Hall–Kier alpha value is -2.62. The smallest absolute Gasteiger partial charge is 0.325 e. The molecule has 0 saturated carbocycles. The van der Waals surface area contributed by atoms with Crippen molar-refractivity contribution in [3.05, 3.63) is 81.2 Å². The van der Waals surface area contributed by atoms with Gasteiger partial charge >= 0.3 is 6.18 Å². The van der Waals surface area contributed by atoms with Crippen molar-refractivity contribution >= 4 is 63.5 Å². The number of benzene rings is 2. The highest BCUT2D eigenvalue weighted by Gasteiger charge is 2.35. The molecule has 4 nitrogen and oxygen atoms in total. The molecule has 0 bridgehead atoms. The van der Waals surface area contributed by atoms with Crippen molar-refractivity contribution in [3.63, 3.8) is 0 Å². The van der Waals surface area contributed by atoms with E-state index in [-0.39, 0.29) is 10.0 Å². The minimum atomic E-state index is -4.66. The Morgan fingerprint density at radius 1 is 1.22 bits per heavy atom. The number of rotatable bonds is 5. The number of hydrogen-bond donors (Lipinski definition) is 1. The largest absolute Gasteiger partial charge is 0.417 e. The average Bonchev–Trinajstić information content (AvgIpc) is 2.96. The third-order valence-electron chi connectivity index (χ3n) is 4.28. The van der Waals surface area contributed by atoms with Gasteiger partial charge in [0, 0.05) is 5.69 Å². The number of nitrogens with zero attached hydrogens (tertiary/aromatic N) is 1. The van der Waals surface area contributed by atoms with Crippen molar-refractivity contribution in [2.24, 2.45) is 0 Å². The Labute approximate surface area is 197 Å². The highest BCUT2D eigenvalue weighted by Crippen LogP contribution is 2.36. The molecule has 1 heterocycles. The second kappa shape index (κ2) is 9.89. The Morgan fingerprint density at radius 3 is 2.56 bits per heavy atom. The minimum Gasteiger partial charge on any atom is -0.325 e. The number of alkyl halides is 3. The summed E-state index contributed by atoms with van der Waals surface area (Å²) >= 11 is 11.9. The average molecular weight is 497 g/mol. The third kappa shape index (κ3) is 5.99. The first-order valence-corrected chi connectivity index (χ1v) is 10.8. The third-order valence-corrected chi connectivity index (χ3v) is 5.99. The van der Waals surface area contributed by atoms with Gasteiger partial charge < -0.3 is 5.32 Å². The molecular formula is C22H16ClF3N2O2S2. The molecule has 32 heavy (non-hydrogen) atoms. The molecule has 2 aromatic rings. The van der Waals surface area contributed by atoms with Gasteiger partial charge in [-0.05, 0) is 42.3 Å². The summed E-state index contributed by atoms with van der Waals surface area (Å²) in [4.78, 5) is 26.5. The van der Waals surface area contributed by atoms with Gasteiger partial charge in [-0.2, -0.15) is 13.2 Å². The Bertz CT molecular complexity index is 1130. The molecule has 0 radical (unpaired) electrons. The maximum Gasteiger partial charge on any atom is 0.417 e. The molecule has 10 heteroatoms. The van der Waals surface area contributed by atoms with Gasteiger partial charge in [0.15, 0.2) is 0 Å². The van der Waals surface area contributed by atoms with E-state index in [0.29, 0.717) is 4.91 Å². The number of halogens is 4. The molecule has 1 saturated heterocycles. The maximum atomic E-state index is 13.0. The standard InChI is InChI=1S/C22H16ClF3N2O2S2/c1-13(9-14-5-3-2-4-6-14)10-18-20(30)28(21(31)32-18)12-19(29)27-15-7-8-17(23)16(11-15)22(24,25)26/h2-11H,12H2,1H3,(H,27,29)/b13-9+,18-10-. The lowest BCUT2D eigenvalue weighted by atomic mass is 10.1. The van der Waals surface area contributed by atoms with Gasteiger partial charge in [-0.3, -0.25) is 14.5 Å². The fraction of sp³-hybridized carbons (Fsp3) is 0.136. The fourth-order valence-corrected chi connectivity index (χ4v) is 4.39. The summed E-state index contributed by atoms with van der Waals surface area (Å²) in [5.74, 6) is -1.13. The zero-order valence-corrected chi connectivity index (χ0v) is 19.0. The van der Waals surface area contributed by atoms with Gasteiger partial charge in [-0.15, -0.1) is 0 Å². The van der Waals surface area contributed by atoms with Gasteiger partial charge in [-0.25, -0.2) is 0 Å². The molecule has 0 atom stereocenters. The molecule has 0 unspecified atom stereocenters. The highest BCUT2D eigenvalue weighted by atomic mass is 35.5. The van der Waals surface area contributed by atoms with E-state index < -0.39 is 35.1 Å². The van der Waals surface area contributed by atoms with E-state index in [9.17, 15) is 22.8 Å². The van der Waals surface area contributed by atoms with E-state index in [0.717, 1.165) is 39.9 Å². The molecule has 0 aromatic heterocycles. The van der Waals surface area contributed by atoms with Crippen LogP contribution in [0.25, 0.3) is 6.08 Å². The van der Waals surface area contributed by atoms with E-state index in [1.54, 1.807) is 6.08 Å². The zero-order valence-electron chi connectivity index (χ0n) is 16.6. The van der Waals surface area contributed by atoms with Crippen LogP contribution in [0.2, 0.25) is 5.02 Å². The molecule has 1 N–H and O–H groups in total. The molecular weight excluding hydrogens is 481 g/mol. The van der Waals surface area contributed by atoms with Crippen molar-refractivity contribution in [1.29, 1.82) is 0 Å². The molecule has 1 fully saturated rings. The first-order valence-electron chi connectivity index (χ1n) is 9.20. The number of amides is 2. The van der Waals surface area contributed by atoms with Crippen LogP contribution in [0.1, 0.15) is 18.1 Å². The predicted octanol–water partition coefficient (Wildman–Crippen LogP) is 6.15.